The fourth-order valence-electron chi connectivity index (χ4n) is 4.56. The lowest BCUT2D eigenvalue weighted by Gasteiger charge is -2.34. The molecule has 0 fully saturated rings. The number of ether oxygens (including phenoxy) is 1. The molecule has 1 unspecified atom stereocenters. The topological polar surface area (TPSA) is 87.7 Å². The van der Waals surface area contributed by atoms with Crippen molar-refractivity contribution in [3.05, 3.63) is 64.2 Å². The number of hydrogen-bond acceptors (Lipinski definition) is 4. The number of para-hydroxylation sites is 1. The maximum atomic E-state index is 14.1. The highest BCUT2D eigenvalue weighted by atomic mass is 16.6. The molecule has 1 atom stereocenters. The maximum Gasteiger partial charge on any atom is 0.408 e. The first kappa shape index (κ1) is 30.9. The minimum absolute atomic E-state index is 0.263. The molecule has 208 valence electrons. The quantitative estimate of drug-likeness (QED) is 0.328. The molecule has 7 nitrogen and oxygen atoms in total. The second kappa shape index (κ2) is 14.0. The Morgan fingerprint density at radius 1 is 0.868 bits per heavy atom. The number of benzene rings is 2. The summed E-state index contributed by atoms with van der Waals surface area (Å²) in [7, 11) is 0. The van der Waals surface area contributed by atoms with Gasteiger partial charge in [-0.05, 0) is 82.7 Å². The van der Waals surface area contributed by atoms with Crippen molar-refractivity contribution in [3.8, 4) is 0 Å². The average Bonchev–Trinajstić information content (AvgIpc) is 2.82. The SMILES string of the molecule is CCCCCCN(C(=O)CNC(=O)OC(C)(C)C)C(C(=O)Nc1c(C)cccc1C)c1c(C)cccc1C. The Balaban J connectivity index is 2.48. The molecule has 0 heterocycles. The highest BCUT2D eigenvalue weighted by Gasteiger charge is 2.34. The van der Waals surface area contributed by atoms with Crippen molar-refractivity contribution in [2.45, 2.75) is 92.7 Å². The molecule has 7 heteroatoms. The van der Waals surface area contributed by atoms with Crippen molar-refractivity contribution in [1.29, 1.82) is 0 Å². The van der Waals surface area contributed by atoms with E-state index in [1.54, 1.807) is 25.7 Å². The van der Waals surface area contributed by atoms with E-state index in [1.165, 1.54) is 0 Å². The van der Waals surface area contributed by atoms with E-state index in [4.69, 9.17) is 4.74 Å². The Morgan fingerprint density at radius 3 is 1.95 bits per heavy atom. The number of carbonyl (C=O) groups is 3. The molecule has 0 bridgehead atoms. The van der Waals surface area contributed by atoms with Crippen LogP contribution in [-0.2, 0) is 14.3 Å². The lowest BCUT2D eigenvalue weighted by molar-refractivity contribution is -0.138. The molecule has 2 aromatic rings. The molecule has 0 aliphatic carbocycles. The van der Waals surface area contributed by atoms with Gasteiger partial charge in [-0.3, -0.25) is 9.59 Å². The fraction of sp³-hybridized carbons (Fsp3) is 0.516. The highest BCUT2D eigenvalue weighted by molar-refractivity contribution is 5.99. The standard InChI is InChI=1S/C31H45N3O4/c1-9-10-11-12-19-34(25(35)20-32-30(37)38-31(6,7)8)28(26-21(2)15-13-16-22(26)3)29(36)33-27-23(4)17-14-18-24(27)5/h13-18,28H,9-12,19-20H2,1-8H3,(H,32,37)(H,33,36). The van der Waals surface area contributed by atoms with Crippen molar-refractivity contribution in [1.82, 2.24) is 10.2 Å². The van der Waals surface area contributed by atoms with E-state index in [0.717, 1.165) is 59.2 Å². The van der Waals surface area contributed by atoms with Crippen LogP contribution in [-0.4, -0.2) is 41.5 Å². The van der Waals surface area contributed by atoms with Crippen LogP contribution in [0.1, 0.15) is 87.2 Å². The zero-order valence-electron chi connectivity index (χ0n) is 24.4. The predicted molar refractivity (Wildman–Crippen MR) is 153 cm³/mol. The molecule has 3 amide bonds. The van der Waals surface area contributed by atoms with E-state index in [-0.39, 0.29) is 18.4 Å². The van der Waals surface area contributed by atoms with Gasteiger partial charge >= 0.3 is 6.09 Å². The number of rotatable bonds is 11. The predicted octanol–water partition coefficient (Wildman–Crippen LogP) is 6.53. The van der Waals surface area contributed by atoms with Gasteiger partial charge in [0.1, 0.15) is 18.2 Å². The van der Waals surface area contributed by atoms with Crippen molar-refractivity contribution in [2.75, 3.05) is 18.4 Å². The zero-order chi connectivity index (χ0) is 28.5. The molecule has 0 saturated carbocycles. The molecular formula is C31H45N3O4. The lowest BCUT2D eigenvalue weighted by atomic mass is 9.93. The summed E-state index contributed by atoms with van der Waals surface area (Å²) in [5, 5.41) is 5.70. The van der Waals surface area contributed by atoms with E-state index < -0.39 is 17.7 Å². The van der Waals surface area contributed by atoms with Crippen LogP contribution in [0, 0.1) is 27.7 Å². The van der Waals surface area contributed by atoms with Crippen LogP contribution in [0.3, 0.4) is 0 Å². The van der Waals surface area contributed by atoms with Crippen LogP contribution in [0.2, 0.25) is 0 Å². The van der Waals surface area contributed by atoms with Crippen molar-refractivity contribution >= 4 is 23.6 Å². The zero-order valence-corrected chi connectivity index (χ0v) is 24.4. The molecule has 0 aliphatic heterocycles. The molecule has 38 heavy (non-hydrogen) atoms. The molecular weight excluding hydrogens is 478 g/mol. The second-order valence-corrected chi connectivity index (χ2v) is 11.0. The van der Waals surface area contributed by atoms with Gasteiger partial charge in [-0.15, -0.1) is 0 Å². The van der Waals surface area contributed by atoms with Crippen molar-refractivity contribution in [2.24, 2.45) is 0 Å². The van der Waals surface area contributed by atoms with Gasteiger partial charge in [0.2, 0.25) is 5.91 Å². The minimum Gasteiger partial charge on any atom is -0.444 e. The molecule has 2 rings (SSSR count). The van der Waals surface area contributed by atoms with Crippen LogP contribution in [0.4, 0.5) is 10.5 Å². The molecule has 0 saturated heterocycles. The third kappa shape index (κ3) is 8.89. The van der Waals surface area contributed by atoms with Crippen LogP contribution in [0.5, 0.6) is 0 Å². The molecule has 0 aliphatic rings. The third-order valence-corrected chi connectivity index (χ3v) is 6.46. The van der Waals surface area contributed by atoms with E-state index >= 15 is 0 Å². The largest absolute Gasteiger partial charge is 0.444 e. The number of anilines is 1. The minimum atomic E-state index is -0.857. The number of aryl methyl sites for hydroxylation is 4. The fourth-order valence-corrected chi connectivity index (χ4v) is 4.56. The smallest absolute Gasteiger partial charge is 0.408 e. The third-order valence-electron chi connectivity index (χ3n) is 6.46. The first-order valence-corrected chi connectivity index (χ1v) is 13.5. The average molecular weight is 524 g/mol. The van der Waals surface area contributed by atoms with Crippen LogP contribution in [0.25, 0.3) is 0 Å². The van der Waals surface area contributed by atoms with Crippen molar-refractivity contribution < 1.29 is 19.1 Å². The summed E-state index contributed by atoms with van der Waals surface area (Å²) in [4.78, 5) is 41.7. The number of carbonyl (C=O) groups excluding carboxylic acids is 3. The van der Waals surface area contributed by atoms with Gasteiger partial charge in [-0.1, -0.05) is 62.6 Å². The Morgan fingerprint density at radius 2 is 1.42 bits per heavy atom. The van der Waals surface area contributed by atoms with Gasteiger partial charge in [-0.25, -0.2) is 4.79 Å². The second-order valence-electron chi connectivity index (χ2n) is 11.0. The lowest BCUT2D eigenvalue weighted by Crippen LogP contribution is -2.47. The summed E-state index contributed by atoms with van der Waals surface area (Å²) in [6, 6.07) is 10.9. The number of alkyl carbamates (subject to hydrolysis) is 1. The Labute approximate surface area is 228 Å². The summed E-state index contributed by atoms with van der Waals surface area (Å²) in [5.74, 6) is -0.613. The highest BCUT2D eigenvalue weighted by Crippen LogP contribution is 2.31. The maximum absolute atomic E-state index is 14.1. The summed E-state index contributed by atoms with van der Waals surface area (Å²) in [5.41, 5.74) is 4.63. The van der Waals surface area contributed by atoms with Gasteiger partial charge in [0.05, 0.1) is 0 Å². The number of amides is 3. The summed E-state index contributed by atoms with van der Waals surface area (Å²) < 4.78 is 5.32. The molecule has 0 radical (unpaired) electrons. The molecule has 0 aromatic heterocycles. The molecule has 2 aromatic carbocycles. The van der Waals surface area contributed by atoms with E-state index in [1.807, 2.05) is 64.1 Å². The van der Waals surface area contributed by atoms with Crippen LogP contribution in [0.15, 0.2) is 36.4 Å². The van der Waals surface area contributed by atoms with Gasteiger partial charge < -0.3 is 20.3 Å². The Bertz CT molecular complexity index is 1080. The normalized spacial score (nSPS) is 12.0. The van der Waals surface area contributed by atoms with E-state index in [2.05, 4.69) is 17.6 Å². The summed E-state index contributed by atoms with van der Waals surface area (Å²) in [6.45, 7) is 15.4. The Kier molecular flexibility index (Phi) is 11.4. The van der Waals surface area contributed by atoms with E-state index in [0.29, 0.717) is 6.54 Å². The number of hydrogen-bond donors (Lipinski definition) is 2. The van der Waals surface area contributed by atoms with Crippen molar-refractivity contribution in [3.63, 3.8) is 0 Å². The Hall–Kier alpha value is -3.35. The first-order chi connectivity index (χ1) is 17.9. The van der Waals surface area contributed by atoms with Crippen LogP contribution >= 0.6 is 0 Å². The molecule has 0 spiro atoms. The number of nitrogens with one attached hydrogen (secondary N) is 2. The van der Waals surface area contributed by atoms with Crippen LogP contribution < -0.4 is 10.6 Å². The summed E-state index contributed by atoms with van der Waals surface area (Å²) >= 11 is 0. The molecule has 2 N–H and O–H groups in total. The first-order valence-electron chi connectivity index (χ1n) is 13.5. The van der Waals surface area contributed by atoms with E-state index in [9.17, 15) is 14.4 Å². The summed E-state index contributed by atoms with van der Waals surface area (Å²) in [6.07, 6.45) is 3.13. The van der Waals surface area contributed by atoms with Gasteiger partial charge in [0.25, 0.3) is 5.91 Å². The number of nitrogens with zero attached hydrogens (tertiary/aromatic N) is 1. The van der Waals surface area contributed by atoms with Gasteiger partial charge in [0, 0.05) is 12.2 Å². The monoisotopic (exact) mass is 523 g/mol. The van der Waals surface area contributed by atoms with Gasteiger partial charge in [0.15, 0.2) is 0 Å². The van der Waals surface area contributed by atoms with Gasteiger partial charge in [-0.2, -0.15) is 0 Å². The number of unbranched alkanes of at least 4 members (excludes halogenated alkanes) is 3.